The van der Waals surface area contributed by atoms with Crippen LogP contribution in [0.3, 0.4) is 0 Å². The molecule has 16 bridgehead atoms. The van der Waals surface area contributed by atoms with Crippen LogP contribution in [0, 0.1) is 94.7 Å². The predicted octanol–water partition coefficient (Wildman–Crippen LogP) is 21.0. The molecule has 18 aliphatic rings. The second kappa shape index (κ2) is 19.9. The third-order valence-corrected chi connectivity index (χ3v) is 51.5. The zero-order valence-electron chi connectivity index (χ0n) is 49.7. The van der Waals surface area contributed by atoms with E-state index in [-0.39, 0.29) is 32.1 Å². The number of hydrogen-bond acceptors (Lipinski definition) is 0. The van der Waals surface area contributed by atoms with Gasteiger partial charge in [0.25, 0.3) is 0 Å². The molecular formula is C76H93Cl2F3SiZr. The molecule has 4 aromatic carbocycles. The molecular weight excluding hydrogens is 1160 g/mol. The van der Waals surface area contributed by atoms with Crippen molar-refractivity contribution >= 4 is 43.8 Å². The Morgan fingerprint density at radius 1 is 0.434 bits per heavy atom. The second-order valence-electron chi connectivity index (χ2n) is 33.7. The molecule has 2 unspecified atom stereocenters. The topological polar surface area (TPSA) is 0 Å². The number of alkyl halides is 3. The standard InChI is InChI=1S/2C36H41.C3H4F3.CH3.2ClH.H2Si.Zr/c2*1-2-29-12-24(17-34-30-13-22-8-23(15-30)16-31(34)14-22)18-35(29)33(3-1)28-4-6-32(7-5-28)36-19-25-9-26(20-36)11-27(10-25)21-36;1-2-3(4,5)6;;;;;/h2*1-7,12,18,22-23,25-27,30-31,34H,8-11,13-17,19-21H2;1-2H2;1H3;2*1H;1H2;. The summed E-state index contributed by atoms with van der Waals surface area (Å²) in [5, 5.41) is 0. The van der Waals surface area contributed by atoms with Crippen molar-refractivity contribution in [1.29, 1.82) is 0 Å². The van der Waals surface area contributed by atoms with Gasteiger partial charge in [-0.1, -0.05) is 0 Å². The van der Waals surface area contributed by atoms with Gasteiger partial charge in [0.05, 0.1) is 0 Å². The summed E-state index contributed by atoms with van der Waals surface area (Å²) in [6.07, 6.45) is 33.6. The number of allylic oxidation sites excluding steroid dienone is 2. The van der Waals surface area contributed by atoms with E-state index in [9.17, 15) is 0 Å². The number of hydrogen-bond donors (Lipinski definition) is 0. The molecule has 22 rings (SSSR count). The van der Waals surface area contributed by atoms with Crippen LogP contribution in [0.5, 0.6) is 0 Å². The molecule has 440 valence electrons. The zero-order chi connectivity index (χ0) is 54.0. The van der Waals surface area contributed by atoms with Crippen LogP contribution in [0.15, 0.2) is 96.1 Å². The Hall–Kier alpha value is -2.17. The van der Waals surface area contributed by atoms with Gasteiger partial charge in [0.2, 0.25) is 0 Å². The Morgan fingerprint density at radius 2 is 0.747 bits per heavy atom. The first kappa shape index (κ1) is 56.1. The van der Waals surface area contributed by atoms with Crippen LogP contribution < -0.4 is 0 Å². The van der Waals surface area contributed by atoms with Crippen LogP contribution in [0.1, 0.15) is 201 Å². The second-order valence-corrected chi connectivity index (χ2v) is 62.1. The van der Waals surface area contributed by atoms with Crippen molar-refractivity contribution in [1.82, 2.24) is 0 Å². The van der Waals surface area contributed by atoms with Crippen molar-refractivity contribution in [3.63, 3.8) is 0 Å². The molecule has 0 aromatic heterocycles. The molecule has 7 heteroatoms. The Morgan fingerprint density at radius 3 is 1.06 bits per heavy atom. The summed E-state index contributed by atoms with van der Waals surface area (Å²) in [5.41, 5.74) is 17.8. The number of benzene rings is 4. The summed E-state index contributed by atoms with van der Waals surface area (Å²) >= 11 is -5.03. The fourth-order valence-corrected chi connectivity index (χ4v) is 50.7. The van der Waals surface area contributed by atoms with E-state index in [1.165, 1.54) is 186 Å². The van der Waals surface area contributed by atoms with Gasteiger partial charge >= 0.3 is 490 Å². The van der Waals surface area contributed by atoms with Gasteiger partial charge < -0.3 is 0 Å². The van der Waals surface area contributed by atoms with Gasteiger partial charge in [0, 0.05) is 0 Å². The average Bonchev–Trinajstić information content (AvgIpc) is 1.69. The minimum atomic E-state index is -5.03. The minimum absolute atomic E-state index is 0. The SMILES string of the molecule is Cl.Cl.[CH3][Zr](=[SiH2])([CH2]CC(F)(F)F)([CH]1C(CC2C3CC4CC(C3)CC2C4)=Cc2c(-c3ccc(C45CC6CC(CC(C6)C4)C5)cc3)cccc21)[CH]1C(CC2C3CC4CC(C3)CC2C4)=Cc2c(-c3ccc(C45CC6CC(CC(C6)C4)C5)cc3)cccc21. The van der Waals surface area contributed by atoms with Crippen LogP contribution in [0.25, 0.3) is 34.4 Å². The Bertz CT molecular complexity index is 3030. The monoisotopic (exact) mass is 1250 g/mol. The molecule has 0 aliphatic heterocycles. The van der Waals surface area contributed by atoms with Gasteiger partial charge in [-0.2, -0.15) is 0 Å². The molecule has 0 radical (unpaired) electrons. The van der Waals surface area contributed by atoms with E-state index >= 15 is 13.2 Å². The van der Waals surface area contributed by atoms with E-state index in [1.807, 2.05) is 0 Å². The van der Waals surface area contributed by atoms with E-state index in [0.29, 0.717) is 26.8 Å². The fraction of sp³-hybridized carbons (Fsp3) is 0.632. The first-order chi connectivity index (χ1) is 39.1. The van der Waals surface area contributed by atoms with E-state index in [0.717, 1.165) is 95.7 Å². The molecule has 2 atom stereocenters. The van der Waals surface area contributed by atoms with Gasteiger partial charge in [-0.3, -0.25) is 0 Å². The normalized spacial score (nSPS) is 41.4. The summed E-state index contributed by atoms with van der Waals surface area (Å²) < 4.78 is 50.4. The zero-order valence-corrected chi connectivity index (χ0v) is 55.2. The van der Waals surface area contributed by atoms with Crippen LogP contribution in [0.4, 0.5) is 13.2 Å². The molecule has 83 heavy (non-hydrogen) atoms. The Balaban J connectivity index is 0.00000282. The first-order valence-corrected chi connectivity index (χ1v) is 47.1. The van der Waals surface area contributed by atoms with Crippen molar-refractivity contribution < 1.29 is 30.6 Å². The van der Waals surface area contributed by atoms with Crippen LogP contribution >= 0.6 is 24.8 Å². The van der Waals surface area contributed by atoms with Crippen molar-refractivity contribution in [3.8, 4) is 22.3 Å². The van der Waals surface area contributed by atoms with Crippen molar-refractivity contribution in [2.24, 2.45) is 94.7 Å². The molecule has 16 saturated carbocycles. The van der Waals surface area contributed by atoms with Gasteiger partial charge in [0.15, 0.2) is 0 Å². The first-order valence-electron chi connectivity index (χ1n) is 34.1. The Kier molecular flexibility index (Phi) is 13.5. The maximum absolute atomic E-state index is 15.8. The molecule has 0 heterocycles. The molecule has 16 fully saturated rings. The van der Waals surface area contributed by atoms with E-state index in [4.69, 9.17) is 0 Å². The number of halogens is 5. The molecule has 0 saturated heterocycles. The average molecular weight is 1250 g/mol. The van der Waals surface area contributed by atoms with E-state index < -0.39 is 30.0 Å². The number of fused-ring (bicyclic) bond motifs is 2. The predicted molar refractivity (Wildman–Crippen MR) is 340 cm³/mol. The third kappa shape index (κ3) is 9.00. The number of rotatable bonds is 12. The molecule has 0 N–H and O–H groups in total. The van der Waals surface area contributed by atoms with Crippen molar-refractivity contribution in [2.75, 3.05) is 0 Å². The summed E-state index contributed by atoms with van der Waals surface area (Å²) in [7, 11) is 0. The summed E-state index contributed by atoms with van der Waals surface area (Å²) in [6, 6.07) is 34.5. The van der Waals surface area contributed by atoms with Crippen molar-refractivity contribution in [3.05, 3.63) is 129 Å². The van der Waals surface area contributed by atoms with Gasteiger partial charge in [-0.15, -0.1) is 24.8 Å². The van der Waals surface area contributed by atoms with Crippen LogP contribution in [-0.4, -0.2) is 13.1 Å². The van der Waals surface area contributed by atoms with Crippen LogP contribution in [0.2, 0.25) is 8.76 Å². The molecule has 0 nitrogen and oxygen atoms in total. The molecule has 0 spiro atoms. The molecule has 0 amide bonds. The summed E-state index contributed by atoms with van der Waals surface area (Å²) in [6.45, 7) is 2.28. The summed E-state index contributed by atoms with van der Waals surface area (Å²) in [5.74, 6) is 13.4. The van der Waals surface area contributed by atoms with Crippen molar-refractivity contribution in [2.45, 2.75) is 194 Å². The van der Waals surface area contributed by atoms with E-state index in [1.54, 1.807) is 22.3 Å². The maximum atomic E-state index is 15.8. The molecule has 4 aromatic rings. The Labute approximate surface area is 510 Å². The van der Waals surface area contributed by atoms with Gasteiger partial charge in [0.1, 0.15) is 0 Å². The van der Waals surface area contributed by atoms with Gasteiger partial charge in [-0.25, -0.2) is 0 Å². The third-order valence-electron chi connectivity index (χ3n) is 28.6. The van der Waals surface area contributed by atoms with Crippen LogP contribution in [-0.2, 0) is 28.2 Å². The fourth-order valence-electron chi connectivity index (χ4n) is 27.0. The van der Waals surface area contributed by atoms with Gasteiger partial charge in [-0.05, 0) is 0 Å². The molecule has 18 aliphatic carbocycles. The van der Waals surface area contributed by atoms with E-state index in [2.05, 4.69) is 109 Å². The quantitative estimate of drug-likeness (QED) is 0.124. The summed E-state index contributed by atoms with van der Waals surface area (Å²) in [4.78, 5) is 0.